The summed E-state index contributed by atoms with van der Waals surface area (Å²) >= 11 is 0. The summed E-state index contributed by atoms with van der Waals surface area (Å²) in [4.78, 5) is 36.2. The van der Waals surface area contributed by atoms with E-state index in [4.69, 9.17) is 9.47 Å². The molecule has 0 aromatic carbocycles. The maximum absolute atomic E-state index is 12.3. The van der Waals surface area contributed by atoms with E-state index in [0.717, 1.165) is 0 Å². The van der Waals surface area contributed by atoms with Crippen molar-refractivity contribution in [3.05, 3.63) is 24.3 Å². The van der Waals surface area contributed by atoms with Crippen LogP contribution in [0.15, 0.2) is 24.3 Å². The molecule has 0 unspecified atom stereocenters. The van der Waals surface area contributed by atoms with Gasteiger partial charge in [0.15, 0.2) is 5.41 Å². The van der Waals surface area contributed by atoms with Crippen molar-refractivity contribution in [1.29, 1.82) is 0 Å². The van der Waals surface area contributed by atoms with Crippen molar-refractivity contribution in [3.8, 4) is 0 Å². The second-order valence-corrected chi connectivity index (χ2v) is 5.28. The Morgan fingerprint density at radius 2 is 1.90 bits per heavy atom. The number of carbonyl (C=O) groups is 3. The van der Waals surface area contributed by atoms with Crippen molar-refractivity contribution in [2.75, 3.05) is 7.11 Å². The van der Waals surface area contributed by atoms with Crippen molar-refractivity contribution >= 4 is 17.9 Å². The number of carbonyl (C=O) groups excluding carboxylic acids is 3. The molecule has 1 aliphatic carbocycles. The Morgan fingerprint density at radius 1 is 1.35 bits per heavy atom. The normalized spacial score (nSPS) is 26.1. The van der Waals surface area contributed by atoms with Gasteiger partial charge in [-0.3, -0.25) is 9.59 Å². The third-order valence-corrected chi connectivity index (χ3v) is 3.53. The standard InChI is InChI=1S/C14H16O6/c1-8(10(15)18-4)9-6-5-7-14(9)11(16)19-13(2,3)20-12(14)17/h5-6,9H,1,7H2,2-4H3/t9-/m0/s1. The molecule has 1 saturated heterocycles. The SMILES string of the molecule is C=C(C(=O)OC)[C@@H]1C=CCC12C(=O)OC(C)(C)OC2=O. The summed E-state index contributed by atoms with van der Waals surface area (Å²) in [5.74, 6) is -4.21. The van der Waals surface area contributed by atoms with Crippen LogP contribution >= 0.6 is 0 Å². The summed E-state index contributed by atoms with van der Waals surface area (Å²) in [6, 6.07) is 0. The van der Waals surface area contributed by atoms with Crippen LogP contribution in [0.25, 0.3) is 0 Å². The van der Waals surface area contributed by atoms with E-state index in [-0.39, 0.29) is 12.0 Å². The van der Waals surface area contributed by atoms with Gasteiger partial charge in [-0.05, 0) is 6.42 Å². The topological polar surface area (TPSA) is 78.9 Å². The maximum atomic E-state index is 12.3. The first-order valence-corrected chi connectivity index (χ1v) is 6.15. The molecule has 6 nitrogen and oxygen atoms in total. The minimum atomic E-state index is -1.57. The Morgan fingerprint density at radius 3 is 2.40 bits per heavy atom. The molecule has 2 rings (SSSR count). The number of hydrogen-bond donors (Lipinski definition) is 0. The lowest BCUT2D eigenvalue weighted by molar-refractivity contribution is -0.252. The zero-order valence-electron chi connectivity index (χ0n) is 11.6. The highest BCUT2D eigenvalue weighted by Gasteiger charge is 2.62. The molecule has 0 bridgehead atoms. The second-order valence-electron chi connectivity index (χ2n) is 5.28. The van der Waals surface area contributed by atoms with E-state index in [1.165, 1.54) is 21.0 Å². The van der Waals surface area contributed by atoms with E-state index in [1.54, 1.807) is 12.2 Å². The van der Waals surface area contributed by atoms with Gasteiger partial charge in [-0.1, -0.05) is 18.7 Å². The number of methoxy groups -OCH3 is 1. The Bertz CT molecular complexity index is 508. The van der Waals surface area contributed by atoms with Crippen LogP contribution in [0, 0.1) is 11.3 Å². The molecule has 1 spiro atoms. The highest BCUT2D eigenvalue weighted by Crippen LogP contribution is 2.48. The third kappa shape index (κ3) is 1.92. The van der Waals surface area contributed by atoms with E-state index in [2.05, 4.69) is 11.3 Å². The van der Waals surface area contributed by atoms with Crippen molar-refractivity contribution in [3.63, 3.8) is 0 Å². The van der Waals surface area contributed by atoms with Crippen LogP contribution in [-0.4, -0.2) is 30.8 Å². The number of ether oxygens (including phenoxy) is 3. The van der Waals surface area contributed by atoms with Gasteiger partial charge in [0.1, 0.15) is 0 Å². The summed E-state index contributed by atoms with van der Waals surface area (Å²) in [5, 5.41) is 0. The number of allylic oxidation sites excluding steroid dienone is 2. The number of cyclic esters (lactones) is 2. The first-order valence-electron chi connectivity index (χ1n) is 6.15. The quantitative estimate of drug-likeness (QED) is 0.326. The first-order chi connectivity index (χ1) is 9.24. The van der Waals surface area contributed by atoms with Crippen LogP contribution in [0.1, 0.15) is 20.3 Å². The van der Waals surface area contributed by atoms with Crippen LogP contribution in [-0.2, 0) is 28.6 Å². The van der Waals surface area contributed by atoms with E-state index < -0.39 is 35.0 Å². The number of esters is 3. The zero-order chi connectivity index (χ0) is 15.1. The van der Waals surface area contributed by atoms with Gasteiger partial charge in [-0.25, -0.2) is 4.79 Å². The molecule has 0 saturated carbocycles. The van der Waals surface area contributed by atoms with Crippen LogP contribution in [0.3, 0.4) is 0 Å². The van der Waals surface area contributed by atoms with Crippen LogP contribution in [0.4, 0.5) is 0 Å². The van der Waals surface area contributed by atoms with Gasteiger partial charge in [0.25, 0.3) is 5.79 Å². The van der Waals surface area contributed by atoms with Crippen LogP contribution in [0.2, 0.25) is 0 Å². The third-order valence-electron chi connectivity index (χ3n) is 3.53. The van der Waals surface area contributed by atoms with Gasteiger partial charge in [0.05, 0.1) is 7.11 Å². The molecule has 0 aromatic rings. The fraction of sp³-hybridized carbons (Fsp3) is 0.500. The predicted molar refractivity (Wildman–Crippen MR) is 67.1 cm³/mol. The first kappa shape index (κ1) is 14.3. The zero-order valence-corrected chi connectivity index (χ0v) is 11.6. The van der Waals surface area contributed by atoms with Gasteiger partial charge in [0, 0.05) is 25.3 Å². The average molecular weight is 280 g/mol. The van der Waals surface area contributed by atoms with Crippen molar-refractivity contribution in [2.24, 2.45) is 11.3 Å². The molecule has 20 heavy (non-hydrogen) atoms. The Kier molecular flexibility index (Phi) is 3.20. The summed E-state index contributed by atoms with van der Waals surface area (Å²) in [6.07, 6.45) is 3.33. The molecule has 1 aliphatic heterocycles. The summed E-state index contributed by atoms with van der Waals surface area (Å²) in [7, 11) is 1.21. The van der Waals surface area contributed by atoms with E-state index in [0.29, 0.717) is 0 Å². The van der Waals surface area contributed by atoms with Gasteiger partial charge < -0.3 is 14.2 Å². The molecule has 0 N–H and O–H groups in total. The highest BCUT2D eigenvalue weighted by atomic mass is 16.7. The largest absolute Gasteiger partial charge is 0.466 e. The molecule has 6 heteroatoms. The Labute approximate surface area is 116 Å². The average Bonchev–Trinajstić information content (AvgIpc) is 2.79. The minimum absolute atomic E-state index is 0.0230. The second kappa shape index (κ2) is 4.47. The van der Waals surface area contributed by atoms with Crippen molar-refractivity contribution in [2.45, 2.75) is 26.1 Å². The highest BCUT2D eigenvalue weighted by molar-refractivity contribution is 6.05. The molecule has 1 fully saturated rings. The fourth-order valence-electron chi connectivity index (χ4n) is 2.51. The van der Waals surface area contributed by atoms with Gasteiger partial charge >= 0.3 is 17.9 Å². The van der Waals surface area contributed by atoms with Gasteiger partial charge in [-0.15, -0.1) is 0 Å². The molecule has 108 valence electrons. The monoisotopic (exact) mass is 280 g/mol. The van der Waals surface area contributed by atoms with Crippen LogP contribution in [0.5, 0.6) is 0 Å². The lowest BCUT2D eigenvalue weighted by Gasteiger charge is -2.41. The van der Waals surface area contributed by atoms with Gasteiger partial charge in [0.2, 0.25) is 0 Å². The molecule has 0 amide bonds. The lowest BCUT2D eigenvalue weighted by Crippen LogP contribution is -2.56. The molecular formula is C14H16O6. The fourth-order valence-corrected chi connectivity index (χ4v) is 2.51. The van der Waals surface area contributed by atoms with E-state index in [9.17, 15) is 14.4 Å². The van der Waals surface area contributed by atoms with Gasteiger partial charge in [-0.2, -0.15) is 0 Å². The summed E-state index contributed by atoms with van der Waals surface area (Å²) in [6.45, 7) is 6.57. The molecular weight excluding hydrogens is 264 g/mol. The van der Waals surface area contributed by atoms with Crippen molar-refractivity contribution < 1.29 is 28.6 Å². The van der Waals surface area contributed by atoms with Crippen molar-refractivity contribution in [1.82, 2.24) is 0 Å². The minimum Gasteiger partial charge on any atom is -0.466 e. The number of rotatable bonds is 2. The molecule has 0 aromatic heterocycles. The predicted octanol–water partition coefficient (Wildman–Crippen LogP) is 1.11. The molecule has 0 radical (unpaired) electrons. The molecule has 1 heterocycles. The van der Waals surface area contributed by atoms with E-state index >= 15 is 0 Å². The summed E-state index contributed by atoms with van der Waals surface area (Å²) in [5.41, 5.74) is -1.55. The lowest BCUT2D eigenvalue weighted by atomic mass is 9.73. The molecule has 1 atom stereocenters. The maximum Gasteiger partial charge on any atom is 0.333 e. The smallest absolute Gasteiger partial charge is 0.333 e. The number of hydrogen-bond acceptors (Lipinski definition) is 6. The Hall–Kier alpha value is -2.11. The summed E-state index contributed by atoms with van der Waals surface area (Å²) < 4.78 is 14.9. The Balaban J connectivity index is 2.39. The molecule has 2 aliphatic rings. The van der Waals surface area contributed by atoms with E-state index in [1.807, 2.05) is 0 Å². The van der Waals surface area contributed by atoms with Crippen LogP contribution < -0.4 is 0 Å².